The molecular formula is C20H21FN2O3. The zero-order valence-corrected chi connectivity index (χ0v) is 14.8. The maximum absolute atomic E-state index is 13.9. The molecule has 0 unspecified atom stereocenters. The smallest absolute Gasteiger partial charge is 0.257 e. The minimum Gasteiger partial charge on any atom is -0.494 e. The Labute approximate surface area is 152 Å². The van der Waals surface area contributed by atoms with Gasteiger partial charge in [-0.15, -0.1) is 0 Å². The highest BCUT2D eigenvalue weighted by molar-refractivity contribution is 6.03. The van der Waals surface area contributed by atoms with Crippen molar-refractivity contribution in [2.24, 2.45) is 0 Å². The summed E-state index contributed by atoms with van der Waals surface area (Å²) < 4.78 is 19.3. The first-order chi connectivity index (χ1) is 12.5. The van der Waals surface area contributed by atoms with Crippen molar-refractivity contribution in [3.63, 3.8) is 0 Å². The number of halogens is 1. The van der Waals surface area contributed by atoms with Crippen molar-refractivity contribution in [3.05, 3.63) is 59.9 Å². The van der Waals surface area contributed by atoms with Gasteiger partial charge in [0.15, 0.2) is 0 Å². The van der Waals surface area contributed by atoms with Crippen molar-refractivity contribution < 1.29 is 18.7 Å². The molecule has 136 valence electrons. The predicted octanol–water partition coefficient (Wildman–Crippen LogP) is 3.10. The Kier molecular flexibility index (Phi) is 5.21. The third kappa shape index (κ3) is 3.40. The second kappa shape index (κ2) is 7.56. The first kappa shape index (κ1) is 17.9. The molecule has 0 spiro atoms. The van der Waals surface area contributed by atoms with Crippen LogP contribution in [-0.4, -0.2) is 42.5 Å². The molecule has 26 heavy (non-hydrogen) atoms. The van der Waals surface area contributed by atoms with Crippen molar-refractivity contribution >= 4 is 17.5 Å². The SMILES string of the molecule is CCOc1ccc(N2CCN(C(=O)c3ccccc3F)[C@@H](C)C2=O)cc1. The van der Waals surface area contributed by atoms with Crippen molar-refractivity contribution in [1.82, 2.24) is 4.90 Å². The second-order valence-corrected chi connectivity index (χ2v) is 6.07. The fraction of sp³-hybridized carbons (Fsp3) is 0.300. The molecule has 1 fully saturated rings. The van der Waals surface area contributed by atoms with Crippen LogP contribution in [0.25, 0.3) is 0 Å². The fourth-order valence-corrected chi connectivity index (χ4v) is 3.08. The summed E-state index contributed by atoms with van der Waals surface area (Å²) in [5.41, 5.74) is 0.741. The molecule has 1 heterocycles. The van der Waals surface area contributed by atoms with Crippen LogP contribution in [0.3, 0.4) is 0 Å². The molecule has 0 N–H and O–H groups in total. The minimum absolute atomic E-state index is 0.0123. The van der Waals surface area contributed by atoms with Gasteiger partial charge in [-0.1, -0.05) is 12.1 Å². The molecule has 3 rings (SSSR count). The third-order valence-electron chi connectivity index (χ3n) is 4.48. The van der Waals surface area contributed by atoms with Gasteiger partial charge < -0.3 is 14.5 Å². The quantitative estimate of drug-likeness (QED) is 0.846. The molecule has 2 aromatic rings. The van der Waals surface area contributed by atoms with Gasteiger partial charge in [-0.05, 0) is 50.2 Å². The number of benzene rings is 2. The Morgan fingerprint density at radius 3 is 2.50 bits per heavy atom. The summed E-state index contributed by atoms with van der Waals surface area (Å²) in [6, 6.07) is 12.4. The topological polar surface area (TPSA) is 49.9 Å². The van der Waals surface area contributed by atoms with E-state index in [2.05, 4.69) is 0 Å². The maximum Gasteiger partial charge on any atom is 0.257 e. The lowest BCUT2D eigenvalue weighted by Crippen LogP contribution is -2.57. The molecule has 2 amide bonds. The number of hydrogen-bond acceptors (Lipinski definition) is 3. The van der Waals surface area contributed by atoms with Crippen molar-refractivity contribution in [1.29, 1.82) is 0 Å². The lowest BCUT2D eigenvalue weighted by atomic mass is 10.1. The van der Waals surface area contributed by atoms with Crippen LogP contribution >= 0.6 is 0 Å². The van der Waals surface area contributed by atoms with Gasteiger partial charge in [0, 0.05) is 18.8 Å². The van der Waals surface area contributed by atoms with Gasteiger partial charge in [-0.2, -0.15) is 0 Å². The fourth-order valence-electron chi connectivity index (χ4n) is 3.08. The van der Waals surface area contributed by atoms with E-state index in [4.69, 9.17) is 4.74 Å². The summed E-state index contributed by atoms with van der Waals surface area (Å²) in [5.74, 6) is -0.489. The van der Waals surface area contributed by atoms with Crippen LogP contribution in [0.1, 0.15) is 24.2 Å². The van der Waals surface area contributed by atoms with Gasteiger partial charge >= 0.3 is 0 Å². The molecular weight excluding hydrogens is 335 g/mol. The van der Waals surface area contributed by atoms with Gasteiger partial charge in [0.25, 0.3) is 5.91 Å². The minimum atomic E-state index is -0.664. The number of hydrogen-bond donors (Lipinski definition) is 0. The monoisotopic (exact) mass is 356 g/mol. The number of ether oxygens (including phenoxy) is 1. The molecule has 5 nitrogen and oxygen atoms in total. The first-order valence-corrected chi connectivity index (χ1v) is 8.62. The van der Waals surface area contributed by atoms with Crippen molar-refractivity contribution in [3.8, 4) is 5.75 Å². The highest BCUT2D eigenvalue weighted by Crippen LogP contribution is 2.24. The summed E-state index contributed by atoms with van der Waals surface area (Å²) >= 11 is 0. The normalized spacial score (nSPS) is 17.3. The Hall–Kier alpha value is -2.89. The Morgan fingerprint density at radius 2 is 1.85 bits per heavy atom. The van der Waals surface area contributed by atoms with E-state index >= 15 is 0 Å². The molecule has 0 radical (unpaired) electrons. The summed E-state index contributed by atoms with van der Waals surface area (Å²) in [4.78, 5) is 28.5. The first-order valence-electron chi connectivity index (χ1n) is 8.62. The van der Waals surface area contributed by atoms with E-state index < -0.39 is 17.8 Å². The molecule has 0 aliphatic carbocycles. The number of anilines is 1. The average molecular weight is 356 g/mol. The summed E-state index contributed by atoms with van der Waals surface area (Å²) in [6.07, 6.45) is 0. The lowest BCUT2D eigenvalue weighted by Gasteiger charge is -2.39. The van der Waals surface area contributed by atoms with Crippen LogP contribution in [0.4, 0.5) is 10.1 Å². The van der Waals surface area contributed by atoms with Gasteiger partial charge in [0.05, 0.1) is 12.2 Å². The molecule has 0 bridgehead atoms. The second-order valence-electron chi connectivity index (χ2n) is 6.07. The Bertz CT molecular complexity index is 807. The van der Waals surface area contributed by atoms with Gasteiger partial charge in [-0.25, -0.2) is 4.39 Å². The summed E-state index contributed by atoms with van der Waals surface area (Å²) in [6.45, 7) is 4.85. The molecule has 0 aromatic heterocycles. The van der Waals surface area contributed by atoms with Crippen LogP contribution in [0.2, 0.25) is 0 Å². The Morgan fingerprint density at radius 1 is 1.15 bits per heavy atom. The van der Waals surface area contributed by atoms with Crippen molar-refractivity contribution in [2.75, 3.05) is 24.6 Å². The average Bonchev–Trinajstić information content (AvgIpc) is 2.65. The van der Waals surface area contributed by atoms with Crippen LogP contribution in [0.5, 0.6) is 5.75 Å². The Balaban J connectivity index is 1.76. The maximum atomic E-state index is 13.9. The van der Waals surface area contributed by atoms with E-state index in [1.807, 2.05) is 31.2 Å². The van der Waals surface area contributed by atoms with E-state index in [0.717, 1.165) is 11.4 Å². The number of amides is 2. The summed E-state index contributed by atoms with van der Waals surface area (Å²) in [7, 11) is 0. The number of piperazine rings is 1. The largest absolute Gasteiger partial charge is 0.494 e. The highest BCUT2D eigenvalue weighted by Gasteiger charge is 2.36. The zero-order valence-electron chi connectivity index (χ0n) is 14.8. The van der Waals surface area contributed by atoms with E-state index in [9.17, 15) is 14.0 Å². The third-order valence-corrected chi connectivity index (χ3v) is 4.48. The van der Waals surface area contributed by atoms with Crippen molar-refractivity contribution in [2.45, 2.75) is 19.9 Å². The van der Waals surface area contributed by atoms with Crippen LogP contribution in [0.15, 0.2) is 48.5 Å². The number of nitrogens with zero attached hydrogens (tertiary/aromatic N) is 2. The number of carbonyl (C=O) groups excluding carboxylic acids is 2. The van der Waals surface area contributed by atoms with Gasteiger partial charge in [-0.3, -0.25) is 9.59 Å². The standard InChI is InChI=1S/C20H21FN2O3/c1-3-26-16-10-8-15(9-11-16)23-13-12-22(14(2)19(23)24)20(25)17-6-4-5-7-18(17)21/h4-11,14H,3,12-13H2,1-2H3/t14-/m0/s1. The molecule has 1 aliphatic heterocycles. The summed E-state index contributed by atoms with van der Waals surface area (Å²) in [5, 5.41) is 0. The zero-order chi connectivity index (χ0) is 18.7. The molecule has 6 heteroatoms. The number of rotatable bonds is 4. The van der Waals surface area contributed by atoms with E-state index in [0.29, 0.717) is 19.7 Å². The lowest BCUT2D eigenvalue weighted by molar-refractivity contribution is -0.124. The van der Waals surface area contributed by atoms with E-state index in [1.165, 1.54) is 23.1 Å². The van der Waals surface area contributed by atoms with Crippen LogP contribution in [-0.2, 0) is 4.79 Å². The molecule has 1 aliphatic rings. The molecule has 0 saturated carbocycles. The predicted molar refractivity (Wildman–Crippen MR) is 96.9 cm³/mol. The molecule has 1 atom stereocenters. The highest BCUT2D eigenvalue weighted by atomic mass is 19.1. The van der Waals surface area contributed by atoms with E-state index in [-0.39, 0.29) is 11.5 Å². The number of carbonyl (C=O) groups is 2. The molecule has 2 aromatic carbocycles. The van der Waals surface area contributed by atoms with Crippen LogP contribution < -0.4 is 9.64 Å². The molecule has 1 saturated heterocycles. The van der Waals surface area contributed by atoms with Gasteiger partial charge in [0.2, 0.25) is 5.91 Å². The van der Waals surface area contributed by atoms with Gasteiger partial charge in [0.1, 0.15) is 17.6 Å². The van der Waals surface area contributed by atoms with Crippen LogP contribution in [0, 0.1) is 5.82 Å². The van der Waals surface area contributed by atoms with E-state index in [1.54, 1.807) is 17.9 Å².